The highest BCUT2D eigenvalue weighted by Crippen LogP contribution is 2.46. The van der Waals surface area contributed by atoms with E-state index in [4.69, 9.17) is 4.98 Å². The van der Waals surface area contributed by atoms with Gasteiger partial charge in [0.15, 0.2) is 0 Å². The number of hydrogen-bond acceptors (Lipinski definition) is 7. The molecule has 46 heavy (non-hydrogen) atoms. The summed E-state index contributed by atoms with van der Waals surface area (Å²) < 4.78 is 3.94. The fourth-order valence-corrected chi connectivity index (χ4v) is 10.0. The summed E-state index contributed by atoms with van der Waals surface area (Å²) in [4.78, 5) is 7.86. The van der Waals surface area contributed by atoms with Crippen molar-refractivity contribution >= 4 is 11.9 Å². The Morgan fingerprint density at radius 2 is 1.70 bits per heavy atom. The number of nitrogens with zero attached hydrogens (tertiary/aromatic N) is 2. The second-order valence-electron chi connectivity index (χ2n) is 17.6. The van der Waals surface area contributed by atoms with Crippen LogP contribution >= 0.6 is 11.9 Å². The first-order valence-corrected chi connectivity index (χ1v) is 19.1. The molecule has 4 N–H and O–H groups in total. The quantitative estimate of drug-likeness (QED) is 0.250. The molecule has 5 heterocycles. The van der Waals surface area contributed by atoms with Crippen molar-refractivity contribution in [2.45, 2.75) is 147 Å². The van der Waals surface area contributed by atoms with Crippen LogP contribution in [0.4, 0.5) is 0 Å². The number of aromatic nitrogens is 1. The smallest absolute Gasteiger partial charge is 0.0690 e. The van der Waals surface area contributed by atoms with Gasteiger partial charge in [0.1, 0.15) is 0 Å². The molecule has 6 rings (SSSR count). The Hall–Kier alpha value is -1.48. The predicted octanol–water partition coefficient (Wildman–Crippen LogP) is 7.70. The largest absolute Gasteiger partial charge is 0.298 e. The van der Waals surface area contributed by atoms with E-state index in [1.54, 1.807) is 0 Å². The lowest BCUT2D eigenvalue weighted by molar-refractivity contribution is -0.00344. The van der Waals surface area contributed by atoms with Gasteiger partial charge in [-0.3, -0.25) is 30.6 Å². The van der Waals surface area contributed by atoms with E-state index < -0.39 is 0 Å². The van der Waals surface area contributed by atoms with Gasteiger partial charge in [0, 0.05) is 42.7 Å². The summed E-state index contributed by atoms with van der Waals surface area (Å²) in [5, 5.41) is 12.8. The summed E-state index contributed by atoms with van der Waals surface area (Å²) >= 11 is 1.93. The van der Waals surface area contributed by atoms with Crippen LogP contribution in [-0.4, -0.2) is 52.3 Å². The Labute approximate surface area is 284 Å². The Morgan fingerprint density at radius 3 is 2.43 bits per heavy atom. The molecule has 2 aromatic rings. The van der Waals surface area contributed by atoms with Crippen LogP contribution in [0.2, 0.25) is 0 Å². The summed E-state index contributed by atoms with van der Waals surface area (Å²) in [6.07, 6.45) is 11.1. The summed E-state index contributed by atoms with van der Waals surface area (Å²) in [6.45, 7) is 21.4. The lowest BCUT2D eigenvalue weighted by Gasteiger charge is -2.53. The maximum Gasteiger partial charge on any atom is 0.0690 e. The molecular weight excluding hydrogens is 585 g/mol. The molecule has 4 bridgehead atoms. The summed E-state index contributed by atoms with van der Waals surface area (Å²) in [7, 11) is 0. The molecule has 8 unspecified atom stereocenters. The summed E-state index contributed by atoms with van der Waals surface area (Å²) in [5.74, 6) is 1.69. The van der Waals surface area contributed by atoms with Crippen LogP contribution in [0.3, 0.4) is 0 Å². The highest BCUT2D eigenvalue weighted by molar-refractivity contribution is 7.98. The first kappa shape index (κ1) is 34.4. The highest BCUT2D eigenvalue weighted by atomic mass is 32.2. The number of benzene rings is 1. The van der Waals surface area contributed by atoms with Gasteiger partial charge in [-0.25, -0.2) is 0 Å². The van der Waals surface area contributed by atoms with Crippen LogP contribution < -0.4 is 20.7 Å². The molecule has 0 aliphatic carbocycles. The van der Waals surface area contributed by atoms with Gasteiger partial charge in [-0.2, -0.15) is 0 Å². The molecule has 1 aromatic carbocycles. The van der Waals surface area contributed by atoms with Crippen molar-refractivity contribution < 1.29 is 0 Å². The van der Waals surface area contributed by atoms with E-state index in [1.165, 1.54) is 55.3 Å². The average Bonchev–Trinajstić information content (AvgIpc) is 3.31. The van der Waals surface area contributed by atoms with Crippen LogP contribution in [0.5, 0.6) is 0 Å². The molecule has 4 aliphatic rings. The fraction of sp³-hybridized carbons (Fsp3) is 0.718. The normalized spacial score (nSPS) is 35.9. The minimum atomic E-state index is 0.109. The molecule has 4 aliphatic heterocycles. The lowest BCUT2D eigenvalue weighted by atomic mass is 9.69. The maximum atomic E-state index is 4.98. The third-order valence-corrected chi connectivity index (χ3v) is 12.5. The molecule has 9 atom stereocenters. The van der Waals surface area contributed by atoms with E-state index in [1.807, 2.05) is 18.1 Å². The van der Waals surface area contributed by atoms with Crippen LogP contribution in [-0.2, 0) is 5.41 Å². The summed E-state index contributed by atoms with van der Waals surface area (Å²) in [6, 6.07) is 16.6. The Bertz CT molecular complexity index is 1290. The van der Waals surface area contributed by atoms with Crippen molar-refractivity contribution in [2.24, 2.45) is 17.3 Å². The van der Waals surface area contributed by atoms with Crippen LogP contribution in [0.25, 0.3) is 0 Å². The minimum Gasteiger partial charge on any atom is -0.298 e. The Balaban J connectivity index is 1.30. The Kier molecular flexibility index (Phi) is 10.3. The molecule has 0 radical (unpaired) electrons. The predicted molar refractivity (Wildman–Crippen MR) is 195 cm³/mol. The van der Waals surface area contributed by atoms with E-state index in [-0.39, 0.29) is 22.4 Å². The fourth-order valence-electron chi connectivity index (χ4n) is 8.99. The van der Waals surface area contributed by atoms with Gasteiger partial charge in [0.05, 0.1) is 29.4 Å². The van der Waals surface area contributed by atoms with E-state index in [0.717, 1.165) is 19.5 Å². The number of piperidine rings is 2. The van der Waals surface area contributed by atoms with Crippen molar-refractivity contribution in [2.75, 3.05) is 13.1 Å². The van der Waals surface area contributed by atoms with Gasteiger partial charge in [0.25, 0.3) is 0 Å². The van der Waals surface area contributed by atoms with E-state index >= 15 is 0 Å². The molecule has 0 saturated carbocycles. The van der Waals surface area contributed by atoms with Crippen LogP contribution in [0.15, 0.2) is 48.7 Å². The van der Waals surface area contributed by atoms with Gasteiger partial charge in [-0.05, 0) is 98.8 Å². The average molecular weight is 647 g/mol. The number of hydrogen-bond donors (Lipinski definition) is 4. The maximum absolute atomic E-state index is 4.98. The summed E-state index contributed by atoms with van der Waals surface area (Å²) in [5.41, 5.74) is 4.47. The van der Waals surface area contributed by atoms with Crippen molar-refractivity contribution in [3.8, 4) is 0 Å². The monoisotopic (exact) mass is 646 g/mol. The molecule has 1 aromatic heterocycles. The third-order valence-electron chi connectivity index (χ3n) is 11.5. The number of nitrogens with one attached hydrogen (secondary N) is 4. The number of rotatable bonds is 2. The molecule has 7 heteroatoms. The van der Waals surface area contributed by atoms with Crippen molar-refractivity contribution in [3.63, 3.8) is 0 Å². The zero-order valence-electron chi connectivity index (χ0n) is 29.9. The zero-order valence-corrected chi connectivity index (χ0v) is 30.7. The van der Waals surface area contributed by atoms with E-state index in [9.17, 15) is 0 Å². The van der Waals surface area contributed by atoms with Gasteiger partial charge in [-0.1, -0.05) is 83.8 Å². The third kappa shape index (κ3) is 7.87. The Morgan fingerprint density at radius 1 is 0.913 bits per heavy atom. The molecule has 254 valence electrons. The van der Waals surface area contributed by atoms with E-state index in [2.05, 4.69) is 123 Å². The second kappa shape index (κ2) is 13.8. The standard InChI is InChI=1S/C39H62N6S/c1-37(2,3)29-19-20-40-32(22-29)31-18-17-26-23-39(7,8)45(25-26)36-28(24-41-46-34-16-12-15-33(42-31)43-34)21-30(27-13-10-9-11-14-27)35(44-36)38(4,5)6/h9-11,13-14,19-20,22,26,28,30-31,33-36,41-44H,12,15-18,21,23-25H2,1-8H3/t26-,28?,30?,31?,33?,34?,35?,36?/m0/s1. The zero-order chi connectivity index (χ0) is 32.7. The van der Waals surface area contributed by atoms with Crippen LogP contribution in [0.1, 0.15) is 129 Å². The second-order valence-corrected chi connectivity index (χ2v) is 18.7. The van der Waals surface area contributed by atoms with Crippen LogP contribution in [0, 0.1) is 17.3 Å². The van der Waals surface area contributed by atoms with Crippen molar-refractivity contribution in [3.05, 3.63) is 65.5 Å². The lowest BCUT2D eigenvalue weighted by Crippen LogP contribution is -2.65. The van der Waals surface area contributed by atoms with Gasteiger partial charge >= 0.3 is 0 Å². The number of fused-ring (bicyclic) bond motifs is 6. The first-order chi connectivity index (χ1) is 21.8. The van der Waals surface area contributed by atoms with E-state index in [0.29, 0.717) is 41.5 Å². The van der Waals surface area contributed by atoms with Gasteiger partial charge in [-0.15, -0.1) is 0 Å². The first-order valence-electron chi connectivity index (χ1n) is 18.2. The van der Waals surface area contributed by atoms with Gasteiger partial charge < -0.3 is 0 Å². The van der Waals surface area contributed by atoms with Crippen molar-refractivity contribution in [1.29, 1.82) is 0 Å². The molecule has 0 amide bonds. The molecule has 6 nitrogen and oxygen atoms in total. The molecular formula is C39H62N6S. The highest BCUT2D eigenvalue weighted by Gasteiger charge is 2.50. The van der Waals surface area contributed by atoms with Crippen molar-refractivity contribution in [1.82, 2.24) is 30.6 Å². The molecule has 4 saturated heterocycles. The minimum absolute atomic E-state index is 0.109. The topological polar surface area (TPSA) is 64.2 Å². The molecule has 4 fully saturated rings. The molecule has 0 spiro atoms. The SMILES string of the molecule is CC(C)(C)c1ccnc(C2CC[C@@H]3CN(C4NC(C(C)(C)C)C(c5ccccc5)CC4CNSC4CCCC(N4)N2)C(C)(C)C3)c1. The van der Waals surface area contributed by atoms with Gasteiger partial charge in [0.2, 0.25) is 0 Å². The number of pyridine rings is 1.